The van der Waals surface area contributed by atoms with Crippen molar-refractivity contribution < 1.29 is 18.3 Å². The Kier molecular flexibility index (Phi) is 3.66. The van der Waals surface area contributed by atoms with E-state index in [0.29, 0.717) is 6.07 Å². The number of pyridine rings is 1. The van der Waals surface area contributed by atoms with Crippen LogP contribution in [0.15, 0.2) is 16.7 Å². The van der Waals surface area contributed by atoms with Crippen LogP contribution in [0.1, 0.15) is 17.3 Å². The van der Waals surface area contributed by atoms with E-state index in [-0.39, 0.29) is 33.2 Å². The molecule has 0 bridgehead atoms. The Labute approximate surface area is 115 Å². The van der Waals surface area contributed by atoms with Gasteiger partial charge in [0.15, 0.2) is 5.82 Å². The van der Waals surface area contributed by atoms with Gasteiger partial charge in [-0.15, -0.1) is 0 Å². The molecule has 0 aliphatic heterocycles. The zero-order valence-corrected chi connectivity index (χ0v) is 11.4. The number of rotatable bonds is 2. The molecule has 19 heavy (non-hydrogen) atoms. The average Bonchev–Trinajstić information content (AvgIpc) is 2.36. The lowest BCUT2D eigenvalue weighted by Gasteiger charge is -2.10. The second-order valence-corrected chi connectivity index (χ2v) is 4.48. The topological polar surface area (TPSA) is 65.2 Å². The zero-order valence-electron chi connectivity index (χ0n) is 9.84. The predicted molar refractivity (Wildman–Crippen MR) is 69.7 cm³/mol. The molecular weight excluding hydrogens is 322 g/mol. The predicted octanol–water partition coefficient (Wildman–Crippen LogP) is 3.03. The van der Waals surface area contributed by atoms with Gasteiger partial charge in [0.05, 0.1) is 16.8 Å². The molecular formula is C12H9BrF2N2O2. The molecule has 0 unspecified atom stereocenters. The highest BCUT2D eigenvalue weighted by Gasteiger charge is 2.20. The molecule has 1 aromatic heterocycles. The molecule has 2 N–H and O–H groups in total. The van der Waals surface area contributed by atoms with Crippen molar-refractivity contribution in [2.24, 2.45) is 0 Å². The van der Waals surface area contributed by atoms with E-state index < -0.39 is 17.6 Å². The summed E-state index contributed by atoms with van der Waals surface area (Å²) in [5.74, 6) is -2.36. The third kappa shape index (κ3) is 2.25. The molecule has 0 spiro atoms. The summed E-state index contributed by atoms with van der Waals surface area (Å²) in [7, 11) is 0. The molecule has 0 amide bonds. The summed E-state index contributed by atoms with van der Waals surface area (Å²) in [6.07, 6.45) is 1.11. The highest BCUT2D eigenvalue weighted by molar-refractivity contribution is 9.10. The number of nitrogens with zero attached hydrogens (tertiary/aromatic N) is 1. The van der Waals surface area contributed by atoms with E-state index in [9.17, 15) is 13.6 Å². The Hall–Kier alpha value is -1.76. The number of hydrogen-bond donors (Lipinski definition) is 1. The van der Waals surface area contributed by atoms with Crippen LogP contribution in [-0.4, -0.2) is 17.6 Å². The molecule has 0 saturated heterocycles. The summed E-state index contributed by atoms with van der Waals surface area (Å²) in [5.41, 5.74) is 5.57. The molecule has 0 saturated carbocycles. The number of carbonyl (C=O) groups is 1. The van der Waals surface area contributed by atoms with Crippen LogP contribution in [0.5, 0.6) is 0 Å². The fourth-order valence-electron chi connectivity index (χ4n) is 1.66. The Bertz CT molecular complexity index is 677. The molecule has 0 aliphatic rings. The van der Waals surface area contributed by atoms with Crippen LogP contribution >= 0.6 is 15.9 Å². The van der Waals surface area contributed by atoms with Crippen LogP contribution in [0, 0.1) is 11.6 Å². The van der Waals surface area contributed by atoms with Crippen molar-refractivity contribution in [2.75, 3.05) is 12.3 Å². The SMILES string of the molecule is CCOC(=O)c1cnc2c(F)cc(F)c(Br)c2c1N. The number of carbonyl (C=O) groups excluding carboxylic acids is 1. The van der Waals surface area contributed by atoms with Crippen molar-refractivity contribution in [1.29, 1.82) is 0 Å². The first kappa shape index (κ1) is 13.7. The maximum atomic E-state index is 13.6. The second kappa shape index (κ2) is 5.08. The maximum Gasteiger partial charge on any atom is 0.341 e. The van der Waals surface area contributed by atoms with E-state index in [4.69, 9.17) is 10.5 Å². The van der Waals surface area contributed by atoms with Crippen molar-refractivity contribution in [3.8, 4) is 0 Å². The van der Waals surface area contributed by atoms with Gasteiger partial charge in [-0.2, -0.15) is 0 Å². The minimum absolute atomic E-state index is 0.0167. The first-order chi connectivity index (χ1) is 8.97. The summed E-state index contributed by atoms with van der Waals surface area (Å²) >= 11 is 2.97. The summed E-state index contributed by atoms with van der Waals surface area (Å²) < 4.78 is 31.8. The van der Waals surface area contributed by atoms with Gasteiger partial charge in [-0.25, -0.2) is 13.6 Å². The second-order valence-electron chi connectivity index (χ2n) is 3.68. The quantitative estimate of drug-likeness (QED) is 0.679. The first-order valence-corrected chi connectivity index (χ1v) is 6.15. The number of fused-ring (bicyclic) bond motifs is 1. The summed E-state index contributed by atoms with van der Waals surface area (Å²) in [4.78, 5) is 15.4. The van der Waals surface area contributed by atoms with E-state index in [1.807, 2.05) is 0 Å². The number of benzene rings is 1. The third-order valence-electron chi connectivity index (χ3n) is 2.52. The Morgan fingerprint density at radius 2 is 2.16 bits per heavy atom. The van der Waals surface area contributed by atoms with Crippen LogP contribution in [0.3, 0.4) is 0 Å². The van der Waals surface area contributed by atoms with Crippen molar-refractivity contribution >= 4 is 38.5 Å². The maximum absolute atomic E-state index is 13.6. The number of nitrogens with two attached hydrogens (primary N) is 1. The standard InChI is InChI=1S/C12H9BrF2N2O2/c1-2-19-12(18)5-4-17-11-7(15)3-6(14)9(13)8(11)10(5)16/h3-4H,2H2,1H3,(H2,16,17). The molecule has 0 fully saturated rings. The monoisotopic (exact) mass is 330 g/mol. The molecule has 0 atom stereocenters. The molecule has 7 heteroatoms. The zero-order chi connectivity index (χ0) is 14.2. The highest BCUT2D eigenvalue weighted by Crippen LogP contribution is 2.33. The molecule has 0 aliphatic carbocycles. The Morgan fingerprint density at radius 3 is 2.79 bits per heavy atom. The highest BCUT2D eigenvalue weighted by atomic mass is 79.9. The van der Waals surface area contributed by atoms with Gasteiger partial charge in [-0.3, -0.25) is 4.98 Å². The number of ether oxygens (including phenoxy) is 1. The van der Waals surface area contributed by atoms with Gasteiger partial charge in [-0.05, 0) is 22.9 Å². The van der Waals surface area contributed by atoms with Gasteiger partial charge in [0.2, 0.25) is 0 Å². The fraction of sp³-hybridized carbons (Fsp3) is 0.167. The lowest BCUT2D eigenvalue weighted by molar-refractivity contribution is 0.0527. The molecule has 1 aromatic carbocycles. The third-order valence-corrected chi connectivity index (χ3v) is 3.30. The van der Waals surface area contributed by atoms with Crippen molar-refractivity contribution in [3.05, 3.63) is 33.9 Å². The normalized spacial score (nSPS) is 10.7. The average molecular weight is 331 g/mol. The van der Waals surface area contributed by atoms with E-state index in [1.165, 1.54) is 0 Å². The lowest BCUT2D eigenvalue weighted by Crippen LogP contribution is -2.10. The van der Waals surface area contributed by atoms with E-state index >= 15 is 0 Å². The van der Waals surface area contributed by atoms with Gasteiger partial charge in [0.1, 0.15) is 16.9 Å². The van der Waals surface area contributed by atoms with Crippen molar-refractivity contribution in [2.45, 2.75) is 6.92 Å². The van der Waals surface area contributed by atoms with Gasteiger partial charge in [0.25, 0.3) is 0 Å². The van der Waals surface area contributed by atoms with Crippen molar-refractivity contribution in [3.63, 3.8) is 0 Å². The van der Waals surface area contributed by atoms with Crippen LogP contribution in [0.2, 0.25) is 0 Å². The smallest absolute Gasteiger partial charge is 0.341 e. The summed E-state index contributed by atoms with van der Waals surface area (Å²) in [6.45, 7) is 1.80. The van der Waals surface area contributed by atoms with Gasteiger partial charge in [0, 0.05) is 17.6 Å². The molecule has 2 rings (SSSR count). The molecule has 100 valence electrons. The summed E-state index contributed by atoms with van der Waals surface area (Å²) in [6, 6.07) is 0.697. The number of aromatic nitrogens is 1. The fourth-order valence-corrected chi connectivity index (χ4v) is 2.18. The number of halogens is 3. The van der Waals surface area contributed by atoms with Gasteiger partial charge in [-0.1, -0.05) is 0 Å². The number of hydrogen-bond acceptors (Lipinski definition) is 4. The minimum atomic E-state index is -0.849. The first-order valence-electron chi connectivity index (χ1n) is 5.36. The molecule has 1 heterocycles. The van der Waals surface area contributed by atoms with E-state index in [2.05, 4.69) is 20.9 Å². The number of nitrogen functional groups attached to an aromatic ring is 1. The van der Waals surface area contributed by atoms with Crippen molar-refractivity contribution in [1.82, 2.24) is 4.98 Å². The van der Waals surface area contributed by atoms with Crippen LogP contribution in [-0.2, 0) is 4.74 Å². The Balaban J connectivity index is 2.77. The van der Waals surface area contributed by atoms with E-state index in [1.54, 1.807) is 6.92 Å². The Morgan fingerprint density at radius 1 is 1.47 bits per heavy atom. The van der Waals surface area contributed by atoms with Crippen LogP contribution in [0.4, 0.5) is 14.5 Å². The number of anilines is 1. The largest absolute Gasteiger partial charge is 0.462 e. The van der Waals surface area contributed by atoms with Crippen LogP contribution < -0.4 is 5.73 Å². The van der Waals surface area contributed by atoms with Crippen LogP contribution in [0.25, 0.3) is 10.9 Å². The van der Waals surface area contributed by atoms with Gasteiger partial charge < -0.3 is 10.5 Å². The molecule has 4 nitrogen and oxygen atoms in total. The summed E-state index contributed by atoms with van der Waals surface area (Å²) in [5, 5.41) is 0.0167. The number of esters is 1. The molecule has 2 aromatic rings. The lowest BCUT2D eigenvalue weighted by atomic mass is 10.1. The van der Waals surface area contributed by atoms with E-state index in [0.717, 1.165) is 6.20 Å². The van der Waals surface area contributed by atoms with Gasteiger partial charge >= 0.3 is 5.97 Å². The molecule has 0 radical (unpaired) electrons. The minimum Gasteiger partial charge on any atom is -0.462 e.